The van der Waals surface area contributed by atoms with Crippen LogP contribution in [0.1, 0.15) is 16.8 Å². The average Bonchev–Trinajstić information content (AvgIpc) is 2.48. The van der Waals surface area contributed by atoms with Crippen molar-refractivity contribution in [2.24, 2.45) is 0 Å². The van der Waals surface area contributed by atoms with Crippen molar-refractivity contribution in [2.45, 2.75) is 20.3 Å². The Hall–Kier alpha value is -1.84. The lowest BCUT2D eigenvalue weighted by Gasteiger charge is -1.97. The molecule has 2 rings (SSSR count). The van der Waals surface area contributed by atoms with Gasteiger partial charge in [-0.05, 0) is 31.0 Å². The number of fused-ring (bicyclic) bond motifs is 1. The van der Waals surface area contributed by atoms with E-state index in [1.807, 2.05) is 26.0 Å². The van der Waals surface area contributed by atoms with Crippen molar-refractivity contribution < 1.29 is 14.4 Å². The van der Waals surface area contributed by atoms with Crippen LogP contribution >= 0.6 is 0 Å². The molecule has 0 saturated carbocycles. The van der Waals surface area contributed by atoms with Crippen LogP contribution in [0.25, 0.3) is 11.0 Å². The van der Waals surface area contributed by atoms with E-state index in [9.17, 15) is 4.79 Å². The molecule has 0 atom stereocenters. The molecule has 0 saturated heterocycles. The standard InChI is InChI=1S/C11H11NO3/c1-6-3-7(2)11-8(4-6)9(12-15-11)5-10(13)14/h3-4H,5H2,1-2H3,(H,13,14). The Balaban J connectivity index is 2.63. The number of nitrogens with zero attached hydrogens (tertiary/aromatic N) is 1. The normalized spacial score (nSPS) is 10.8. The quantitative estimate of drug-likeness (QED) is 0.815. The van der Waals surface area contributed by atoms with Crippen LogP contribution < -0.4 is 0 Å². The van der Waals surface area contributed by atoms with Crippen LogP contribution in [0, 0.1) is 13.8 Å². The van der Waals surface area contributed by atoms with Crippen molar-refractivity contribution in [3.63, 3.8) is 0 Å². The van der Waals surface area contributed by atoms with E-state index < -0.39 is 5.97 Å². The molecule has 2 aromatic rings. The molecule has 1 N–H and O–H groups in total. The highest BCUT2D eigenvalue weighted by Crippen LogP contribution is 2.23. The van der Waals surface area contributed by atoms with Gasteiger partial charge in [0.1, 0.15) is 5.69 Å². The summed E-state index contributed by atoms with van der Waals surface area (Å²) in [5, 5.41) is 13.3. The summed E-state index contributed by atoms with van der Waals surface area (Å²) in [5.74, 6) is -0.899. The maximum absolute atomic E-state index is 10.6. The van der Waals surface area contributed by atoms with Crippen LogP contribution in [0.5, 0.6) is 0 Å². The van der Waals surface area contributed by atoms with Gasteiger partial charge in [-0.1, -0.05) is 11.2 Å². The zero-order valence-electron chi connectivity index (χ0n) is 8.57. The number of carbonyl (C=O) groups is 1. The van der Waals surface area contributed by atoms with E-state index >= 15 is 0 Å². The number of carboxylic acid groups (broad SMARTS) is 1. The Labute approximate surface area is 86.5 Å². The highest BCUT2D eigenvalue weighted by atomic mass is 16.5. The van der Waals surface area contributed by atoms with Gasteiger partial charge in [0.2, 0.25) is 0 Å². The molecule has 78 valence electrons. The zero-order valence-corrected chi connectivity index (χ0v) is 8.57. The largest absolute Gasteiger partial charge is 0.481 e. The molecule has 1 heterocycles. The molecule has 0 radical (unpaired) electrons. The van der Waals surface area contributed by atoms with Crippen molar-refractivity contribution in [2.75, 3.05) is 0 Å². The third-order valence-electron chi connectivity index (χ3n) is 2.30. The fourth-order valence-corrected chi connectivity index (χ4v) is 1.71. The molecule has 1 aromatic carbocycles. The fourth-order valence-electron chi connectivity index (χ4n) is 1.71. The summed E-state index contributed by atoms with van der Waals surface area (Å²) in [6.07, 6.45) is -0.101. The Morgan fingerprint density at radius 1 is 1.47 bits per heavy atom. The van der Waals surface area contributed by atoms with Gasteiger partial charge in [0.05, 0.1) is 6.42 Å². The Bertz CT molecular complexity index is 528. The molecule has 0 aliphatic carbocycles. The first-order valence-corrected chi connectivity index (χ1v) is 4.65. The van der Waals surface area contributed by atoms with Crippen molar-refractivity contribution >= 4 is 16.9 Å². The number of hydrogen-bond acceptors (Lipinski definition) is 3. The number of aromatic nitrogens is 1. The summed E-state index contributed by atoms with van der Waals surface area (Å²) >= 11 is 0. The van der Waals surface area contributed by atoms with E-state index in [1.54, 1.807) is 0 Å². The lowest BCUT2D eigenvalue weighted by atomic mass is 10.1. The molecule has 15 heavy (non-hydrogen) atoms. The highest BCUT2D eigenvalue weighted by Gasteiger charge is 2.13. The number of aliphatic carboxylic acids is 1. The van der Waals surface area contributed by atoms with Crippen LogP contribution in [0.4, 0.5) is 0 Å². The predicted molar refractivity (Wildman–Crippen MR) is 54.8 cm³/mol. The van der Waals surface area contributed by atoms with E-state index in [-0.39, 0.29) is 6.42 Å². The minimum atomic E-state index is -0.899. The molecule has 0 spiro atoms. The molecule has 0 aliphatic heterocycles. The second-order valence-electron chi connectivity index (χ2n) is 3.66. The summed E-state index contributed by atoms with van der Waals surface area (Å²) in [4.78, 5) is 10.6. The third-order valence-corrected chi connectivity index (χ3v) is 2.30. The molecular weight excluding hydrogens is 194 g/mol. The van der Waals surface area contributed by atoms with E-state index in [1.165, 1.54) is 0 Å². The number of aryl methyl sites for hydroxylation is 2. The summed E-state index contributed by atoms with van der Waals surface area (Å²) in [6, 6.07) is 3.88. The zero-order chi connectivity index (χ0) is 11.0. The van der Waals surface area contributed by atoms with Gasteiger partial charge in [0, 0.05) is 5.39 Å². The van der Waals surface area contributed by atoms with Gasteiger partial charge in [0.25, 0.3) is 0 Å². The second-order valence-corrected chi connectivity index (χ2v) is 3.66. The SMILES string of the molecule is Cc1cc(C)c2onc(CC(=O)O)c2c1. The van der Waals surface area contributed by atoms with Crippen LogP contribution in [0.15, 0.2) is 16.7 Å². The maximum atomic E-state index is 10.6. The monoisotopic (exact) mass is 205 g/mol. The van der Waals surface area contributed by atoms with Crippen molar-refractivity contribution in [1.29, 1.82) is 0 Å². The predicted octanol–water partition coefficient (Wildman–Crippen LogP) is 2.07. The molecule has 0 amide bonds. The lowest BCUT2D eigenvalue weighted by Crippen LogP contribution is -2.00. The van der Waals surface area contributed by atoms with Crippen molar-refractivity contribution in [3.05, 3.63) is 29.0 Å². The van der Waals surface area contributed by atoms with Gasteiger partial charge < -0.3 is 9.63 Å². The first kappa shape index (κ1) is 9.71. The van der Waals surface area contributed by atoms with Crippen LogP contribution in [0.2, 0.25) is 0 Å². The number of hydrogen-bond donors (Lipinski definition) is 1. The number of benzene rings is 1. The molecule has 0 bridgehead atoms. The Morgan fingerprint density at radius 3 is 2.87 bits per heavy atom. The molecule has 1 aromatic heterocycles. The van der Waals surface area contributed by atoms with Gasteiger partial charge in [-0.3, -0.25) is 4.79 Å². The van der Waals surface area contributed by atoms with E-state index in [4.69, 9.17) is 9.63 Å². The molecule has 0 aliphatic rings. The number of rotatable bonds is 2. The van der Waals surface area contributed by atoms with Gasteiger partial charge in [-0.25, -0.2) is 0 Å². The highest BCUT2D eigenvalue weighted by molar-refractivity contribution is 5.86. The summed E-state index contributed by atoms with van der Waals surface area (Å²) < 4.78 is 5.12. The van der Waals surface area contributed by atoms with Gasteiger partial charge in [0.15, 0.2) is 5.58 Å². The minimum absolute atomic E-state index is 0.101. The molecule has 4 heteroatoms. The van der Waals surface area contributed by atoms with Crippen LogP contribution in [-0.4, -0.2) is 16.2 Å². The molecule has 4 nitrogen and oxygen atoms in total. The molecule has 0 fully saturated rings. The van der Waals surface area contributed by atoms with E-state index in [2.05, 4.69) is 5.16 Å². The lowest BCUT2D eigenvalue weighted by molar-refractivity contribution is -0.136. The first-order chi connectivity index (χ1) is 7.08. The number of carboxylic acids is 1. The summed E-state index contributed by atoms with van der Waals surface area (Å²) in [5.41, 5.74) is 3.23. The van der Waals surface area contributed by atoms with Gasteiger partial charge in [-0.2, -0.15) is 0 Å². The van der Waals surface area contributed by atoms with Gasteiger partial charge in [-0.15, -0.1) is 0 Å². The second kappa shape index (κ2) is 3.38. The van der Waals surface area contributed by atoms with Crippen LogP contribution in [0.3, 0.4) is 0 Å². The average molecular weight is 205 g/mol. The summed E-state index contributed by atoms with van der Waals surface area (Å²) in [7, 11) is 0. The molecular formula is C11H11NO3. The van der Waals surface area contributed by atoms with E-state index in [0.29, 0.717) is 11.3 Å². The van der Waals surface area contributed by atoms with E-state index in [0.717, 1.165) is 16.5 Å². The Kier molecular flexibility index (Phi) is 2.19. The van der Waals surface area contributed by atoms with Crippen molar-refractivity contribution in [3.8, 4) is 0 Å². The maximum Gasteiger partial charge on any atom is 0.309 e. The topological polar surface area (TPSA) is 63.3 Å². The first-order valence-electron chi connectivity index (χ1n) is 4.65. The smallest absolute Gasteiger partial charge is 0.309 e. The van der Waals surface area contributed by atoms with Crippen molar-refractivity contribution in [1.82, 2.24) is 5.16 Å². The Morgan fingerprint density at radius 2 is 2.20 bits per heavy atom. The summed E-state index contributed by atoms with van der Waals surface area (Å²) in [6.45, 7) is 3.88. The van der Waals surface area contributed by atoms with Crippen LogP contribution in [-0.2, 0) is 11.2 Å². The fraction of sp³-hybridized carbons (Fsp3) is 0.273. The minimum Gasteiger partial charge on any atom is -0.481 e. The molecule has 0 unspecified atom stereocenters. The van der Waals surface area contributed by atoms with Gasteiger partial charge >= 0.3 is 5.97 Å². The third kappa shape index (κ3) is 1.70.